The Kier molecular flexibility index (Phi) is 5.16. The summed E-state index contributed by atoms with van der Waals surface area (Å²) in [5.41, 5.74) is 7.51. The molecule has 1 saturated heterocycles. The molecular weight excluding hydrogens is 270 g/mol. The van der Waals surface area contributed by atoms with Crippen LogP contribution < -0.4 is 11.1 Å². The van der Waals surface area contributed by atoms with Gasteiger partial charge in [0.25, 0.3) is 0 Å². The highest BCUT2D eigenvalue weighted by Crippen LogP contribution is 2.14. The number of anilines is 1. The third-order valence-electron chi connectivity index (χ3n) is 3.58. The van der Waals surface area contributed by atoms with E-state index in [1.54, 1.807) is 17.0 Å². The summed E-state index contributed by atoms with van der Waals surface area (Å²) in [5.74, 6) is -0.811. The molecule has 1 aromatic carbocycles. The summed E-state index contributed by atoms with van der Waals surface area (Å²) in [4.78, 5) is 24.3. The van der Waals surface area contributed by atoms with Crippen molar-refractivity contribution in [1.82, 2.24) is 4.90 Å². The topological polar surface area (TPSA) is 95.7 Å². The van der Waals surface area contributed by atoms with E-state index in [2.05, 4.69) is 5.32 Å². The fourth-order valence-electron chi connectivity index (χ4n) is 2.40. The first-order valence-corrected chi connectivity index (χ1v) is 7.17. The van der Waals surface area contributed by atoms with E-state index in [1.807, 2.05) is 12.1 Å². The monoisotopic (exact) mass is 291 g/mol. The van der Waals surface area contributed by atoms with Crippen molar-refractivity contribution in [3.8, 4) is 0 Å². The van der Waals surface area contributed by atoms with Gasteiger partial charge in [0.2, 0.25) is 0 Å². The lowest BCUT2D eigenvalue weighted by Gasteiger charge is -2.30. The molecule has 2 rings (SSSR count). The lowest BCUT2D eigenvalue weighted by molar-refractivity contribution is -0.136. The molecule has 6 nitrogen and oxygen atoms in total. The second-order valence-electron chi connectivity index (χ2n) is 5.37. The molecule has 0 aromatic heterocycles. The number of benzene rings is 1. The van der Waals surface area contributed by atoms with E-state index in [1.165, 1.54) is 0 Å². The van der Waals surface area contributed by atoms with Crippen molar-refractivity contribution in [2.75, 3.05) is 18.4 Å². The lowest BCUT2D eigenvalue weighted by Crippen LogP contribution is -2.47. The zero-order valence-corrected chi connectivity index (χ0v) is 11.9. The van der Waals surface area contributed by atoms with Gasteiger partial charge < -0.3 is 21.1 Å². The number of aliphatic carboxylic acids is 1. The molecule has 0 saturated carbocycles. The highest BCUT2D eigenvalue weighted by atomic mass is 16.4. The van der Waals surface area contributed by atoms with Crippen molar-refractivity contribution in [3.05, 3.63) is 29.8 Å². The number of piperidine rings is 1. The van der Waals surface area contributed by atoms with Gasteiger partial charge in [0.1, 0.15) is 0 Å². The number of aryl methyl sites for hydroxylation is 1. The summed E-state index contributed by atoms with van der Waals surface area (Å²) >= 11 is 0. The summed E-state index contributed by atoms with van der Waals surface area (Å²) in [5, 5.41) is 11.5. The molecule has 1 aromatic rings. The van der Waals surface area contributed by atoms with Crippen molar-refractivity contribution in [2.45, 2.75) is 31.7 Å². The van der Waals surface area contributed by atoms with E-state index in [0.29, 0.717) is 18.7 Å². The number of nitrogens with zero attached hydrogens (tertiary/aromatic N) is 1. The molecule has 6 heteroatoms. The van der Waals surface area contributed by atoms with E-state index in [-0.39, 0.29) is 18.5 Å². The van der Waals surface area contributed by atoms with Crippen LogP contribution in [0.3, 0.4) is 0 Å². The Morgan fingerprint density at radius 1 is 1.33 bits per heavy atom. The van der Waals surface area contributed by atoms with E-state index in [4.69, 9.17) is 10.8 Å². The zero-order valence-electron chi connectivity index (χ0n) is 11.9. The van der Waals surface area contributed by atoms with E-state index in [0.717, 1.165) is 24.9 Å². The number of carboxylic acid groups (broad SMARTS) is 1. The Morgan fingerprint density at radius 2 is 2.05 bits per heavy atom. The van der Waals surface area contributed by atoms with E-state index in [9.17, 15) is 9.59 Å². The lowest BCUT2D eigenvalue weighted by atomic mass is 10.1. The smallest absolute Gasteiger partial charge is 0.321 e. The number of hydrogen-bond donors (Lipinski definition) is 3. The number of rotatable bonds is 4. The second kappa shape index (κ2) is 7.08. The van der Waals surface area contributed by atoms with Gasteiger partial charge >= 0.3 is 12.0 Å². The number of urea groups is 1. The summed E-state index contributed by atoms with van der Waals surface area (Å²) in [6.45, 7) is 1.32. The van der Waals surface area contributed by atoms with Crippen molar-refractivity contribution in [2.24, 2.45) is 5.73 Å². The van der Waals surface area contributed by atoms with E-state index >= 15 is 0 Å². The van der Waals surface area contributed by atoms with Gasteiger partial charge in [-0.05, 0) is 37.0 Å². The predicted molar refractivity (Wildman–Crippen MR) is 80.2 cm³/mol. The second-order valence-corrected chi connectivity index (χ2v) is 5.37. The van der Waals surface area contributed by atoms with Crippen molar-refractivity contribution < 1.29 is 14.7 Å². The van der Waals surface area contributed by atoms with Crippen LogP contribution in [0, 0.1) is 0 Å². The molecule has 2 amide bonds. The molecule has 1 atom stereocenters. The van der Waals surface area contributed by atoms with Gasteiger partial charge in [0.15, 0.2) is 0 Å². The molecule has 114 valence electrons. The highest BCUT2D eigenvalue weighted by molar-refractivity contribution is 5.89. The van der Waals surface area contributed by atoms with Gasteiger partial charge in [-0.15, -0.1) is 0 Å². The molecule has 1 unspecified atom stereocenters. The summed E-state index contributed by atoms with van der Waals surface area (Å²) in [6.07, 6.45) is 2.49. The Bertz CT molecular complexity index is 501. The molecule has 0 radical (unpaired) electrons. The normalized spacial score (nSPS) is 18.3. The third-order valence-corrected chi connectivity index (χ3v) is 3.58. The van der Waals surface area contributed by atoms with Gasteiger partial charge in [0, 0.05) is 31.2 Å². The van der Waals surface area contributed by atoms with Crippen LogP contribution in [0.2, 0.25) is 0 Å². The number of nitrogens with one attached hydrogen (secondary N) is 1. The summed E-state index contributed by atoms with van der Waals surface area (Å²) in [7, 11) is 0. The van der Waals surface area contributed by atoms with Crippen LogP contribution in [0.1, 0.15) is 24.8 Å². The molecule has 0 spiro atoms. The SMILES string of the molecule is NC1CCCN(C(=O)Nc2ccc(CCC(=O)O)cc2)C1. The number of likely N-dealkylation sites (tertiary alicyclic amines) is 1. The zero-order chi connectivity index (χ0) is 15.2. The maximum Gasteiger partial charge on any atom is 0.321 e. The van der Waals surface area contributed by atoms with Crippen LogP contribution in [0.15, 0.2) is 24.3 Å². The largest absolute Gasteiger partial charge is 0.481 e. The number of carbonyl (C=O) groups excluding carboxylic acids is 1. The van der Waals surface area contributed by atoms with Crippen molar-refractivity contribution in [3.63, 3.8) is 0 Å². The fraction of sp³-hybridized carbons (Fsp3) is 0.467. The molecular formula is C15H21N3O3. The quantitative estimate of drug-likeness (QED) is 0.786. The Morgan fingerprint density at radius 3 is 2.67 bits per heavy atom. The Labute approximate surface area is 123 Å². The molecule has 0 bridgehead atoms. The van der Waals surface area contributed by atoms with Crippen LogP contribution >= 0.6 is 0 Å². The van der Waals surface area contributed by atoms with Crippen LogP contribution in [-0.2, 0) is 11.2 Å². The minimum Gasteiger partial charge on any atom is -0.481 e. The number of nitrogens with two attached hydrogens (primary N) is 1. The first-order chi connectivity index (χ1) is 10.0. The standard InChI is InChI=1S/C15H21N3O3/c16-12-2-1-9-18(10-12)15(21)17-13-6-3-11(4-7-13)5-8-14(19)20/h3-4,6-7,12H,1-2,5,8-10,16H2,(H,17,21)(H,19,20). The maximum absolute atomic E-state index is 12.1. The Hall–Kier alpha value is -2.08. The molecule has 1 aliphatic heterocycles. The highest BCUT2D eigenvalue weighted by Gasteiger charge is 2.21. The number of hydrogen-bond acceptors (Lipinski definition) is 3. The van der Waals surface area contributed by atoms with Crippen LogP contribution in [-0.4, -0.2) is 41.1 Å². The summed E-state index contributed by atoms with van der Waals surface area (Å²) in [6, 6.07) is 7.17. The minimum atomic E-state index is -0.811. The van der Waals surface area contributed by atoms with Crippen molar-refractivity contribution in [1.29, 1.82) is 0 Å². The average molecular weight is 291 g/mol. The fourth-order valence-corrected chi connectivity index (χ4v) is 2.40. The average Bonchev–Trinajstić information content (AvgIpc) is 2.46. The number of amides is 2. The summed E-state index contributed by atoms with van der Waals surface area (Å²) < 4.78 is 0. The first-order valence-electron chi connectivity index (χ1n) is 7.17. The van der Waals surface area contributed by atoms with Crippen LogP contribution in [0.5, 0.6) is 0 Å². The third kappa shape index (κ3) is 4.75. The number of carbonyl (C=O) groups is 2. The van der Waals surface area contributed by atoms with Crippen LogP contribution in [0.4, 0.5) is 10.5 Å². The van der Waals surface area contributed by atoms with Gasteiger partial charge in [-0.3, -0.25) is 4.79 Å². The van der Waals surface area contributed by atoms with Crippen molar-refractivity contribution >= 4 is 17.7 Å². The molecule has 1 fully saturated rings. The molecule has 4 N–H and O–H groups in total. The number of carboxylic acids is 1. The molecule has 1 heterocycles. The van der Waals surface area contributed by atoms with Gasteiger partial charge in [-0.2, -0.15) is 0 Å². The predicted octanol–water partition coefficient (Wildman–Crippen LogP) is 1.66. The minimum absolute atomic E-state index is 0.0582. The maximum atomic E-state index is 12.1. The molecule has 1 aliphatic rings. The molecule has 0 aliphatic carbocycles. The Balaban J connectivity index is 1.87. The van der Waals surface area contributed by atoms with Gasteiger partial charge in [-0.25, -0.2) is 4.79 Å². The van der Waals surface area contributed by atoms with Gasteiger partial charge in [-0.1, -0.05) is 12.1 Å². The van der Waals surface area contributed by atoms with Crippen LogP contribution in [0.25, 0.3) is 0 Å². The first kappa shape index (κ1) is 15.3. The van der Waals surface area contributed by atoms with E-state index < -0.39 is 5.97 Å². The van der Waals surface area contributed by atoms with Gasteiger partial charge in [0.05, 0.1) is 0 Å². The molecule has 21 heavy (non-hydrogen) atoms.